The molecule has 0 heterocycles. The highest BCUT2D eigenvalue weighted by Gasteiger charge is 2.17. The second-order valence-electron chi connectivity index (χ2n) is 4.41. The molecular weight excluding hydrogens is 268 g/mol. The zero-order valence-corrected chi connectivity index (χ0v) is 12.3. The molecule has 1 atom stereocenters. The van der Waals surface area contributed by atoms with Crippen molar-refractivity contribution in [2.24, 2.45) is 0 Å². The van der Waals surface area contributed by atoms with Crippen molar-refractivity contribution in [3.05, 3.63) is 35.4 Å². The van der Waals surface area contributed by atoms with E-state index in [9.17, 15) is 9.59 Å². The van der Waals surface area contributed by atoms with Gasteiger partial charge < -0.3 is 15.7 Å². The molecule has 0 saturated carbocycles. The number of nitrogens with one attached hydrogen (secondary N) is 2. The SMILES string of the molecule is CCNC(=O)C(C)NC(=O)c1ccccc1C#CCCO. The van der Waals surface area contributed by atoms with Crippen molar-refractivity contribution in [3.63, 3.8) is 0 Å². The van der Waals surface area contributed by atoms with Gasteiger partial charge in [0.2, 0.25) is 5.91 Å². The lowest BCUT2D eigenvalue weighted by Gasteiger charge is -2.14. The van der Waals surface area contributed by atoms with E-state index in [4.69, 9.17) is 5.11 Å². The molecule has 0 saturated heterocycles. The smallest absolute Gasteiger partial charge is 0.253 e. The Morgan fingerprint density at radius 1 is 1.33 bits per heavy atom. The second-order valence-corrected chi connectivity index (χ2v) is 4.41. The normalized spacial score (nSPS) is 11.0. The fraction of sp³-hybridized carbons (Fsp3) is 0.375. The number of amides is 2. The van der Waals surface area contributed by atoms with Crippen LogP contribution in [0.15, 0.2) is 24.3 Å². The Morgan fingerprint density at radius 3 is 2.71 bits per heavy atom. The average molecular weight is 288 g/mol. The van der Waals surface area contributed by atoms with E-state index in [-0.39, 0.29) is 18.4 Å². The molecule has 5 heteroatoms. The Kier molecular flexibility index (Phi) is 6.99. The summed E-state index contributed by atoms with van der Waals surface area (Å²) in [5.41, 5.74) is 0.991. The van der Waals surface area contributed by atoms with E-state index in [1.807, 2.05) is 6.92 Å². The van der Waals surface area contributed by atoms with E-state index >= 15 is 0 Å². The van der Waals surface area contributed by atoms with Crippen LogP contribution in [0.4, 0.5) is 0 Å². The molecule has 1 aromatic rings. The summed E-state index contributed by atoms with van der Waals surface area (Å²) in [6.07, 6.45) is 0.352. The largest absolute Gasteiger partial charge is 0.395 e. The summed E-state index contributed by atoms with van der Waals surface area (Å²) in [5, 5.41) is 14.0. The first-order chi connectivity index (χ1) is 10.1. The van der Waals surface area contributed by atoms with Crippen molar-refractivity contribution in [1.29, 1.82) is 0 Å². The molecule has 3 N–H and O–H groups in total. The third-order valence-corrected chi connectivity index (χ3v) is 2.72. The van der Waals surface area contributed by atoms with E-state index in [0.29, 0.717) is 24.1 Å². The topological polar surface area (TPSA) is 78.4 Å². The Bertz CT molecular complexity index is 558. The summed E-state index contributed by atoms with van der Waals surface area (Å²) in [6, 6.07) is 6.30. The number of rotatable bonds is 5. The zero-order chi connectivity index (χ0) is 15.7. The van der Waals surface area contributed by atoms with Gasteiger partial charge in [0.1, 0.15) is 6.04 Å². The van der Waals surface area contributed by atoms with Crippen LogP contribution in [0.2, 0.25) is 0 Å². The molecule has 0 spiro atoms. The molecule has 0 aromatic heterocycles. The minimum atomic E-state index is -0.615. The lowest BCUT2D eigenvalue weighted by molar-refractivity contribution is -0.122. The predicted molar refractivity (Wildman–Crippen MR) is 80.6 cm³/mol. The van der Waals surface area contributed by atoms with Gasteiger partial charge in [0.25, 0.3) is 5.91 Å². The van der Waals surface area contributed by atoms with E-state index in [1.54, 1.807) is 31.2 Å². The van der Waals surface area contributed by atoms with Gasteiger partial charge in [0.05, 0.1) is 12.2 Å². The highest BCUT2D eigenvalue weighted by Crippen LogP contribution is 2.07. The van der Waals surface area contributed by atoms with Crippen molar-refractivity contribution in [2.75, 3.05) is 13.2 Å². The van der Waals surface area contributed by atoms with E-state index < -0.39 is 6.04 Å². The summed E-state index contributed by atoms with van der Waals surface area (Å²) in [4.78, 5) is 23.8. The van der Waals surface area contributed by atoms with Crippen LogP contribution in [0.3, 0.4) is 0 Å². The van der Waals surface area contributed by atoms with Crippen molar-refractivity contribution in [2.45, 2.75) is 26.3 Å². The molecule has 0 fully saturated rings. The van der Waals surface area contributed by atoms with Crippen molar-refractivity contribution >= 4 is 11.8 Å². The summed E-state index contributed by atoms with van der Waals surface area (Å²) in [5.74, 6) is 5.06. The molecular formula is C16H20N2O3. The second kappa shape index (κ2) is 8.77. The maximum Gasteiger partial charge on any atom is 0.253 e. The van der Waals surface area contributed by atoms with E-state index in [2.05, 4.69) is 22.5 Å². The van der Waals surface area contributed by atoms with Crippen LogP contribution in [0, 0.1) is 11.8 Å². The van der Waals surface area contributed by atoms with Gasteiger partial charge in [0.15, 0.2) is 0 Å². The molecule has 0 aliphatic rings. The van der Waals surface area contributed by atoms with Crippen LogP contribution >= 0.6 is 0 Å². The van der Waals surface area contributed by atoms with Crippen LogP contribution in [0.25, 0.3) is 0 Å². The Balaban J connectivity index is 2.83. The monoisotopic (exact) mass is 288 g/mol. The molecule has 0 radical (unpaired) electrons. The molecule has 0 aliphatic heterocycles. The molecule has 2 amide bonds. The number of benzene rings is 1. The summed E-state index contributed by atoms with van der Waals surface area (Å²) < 4.78 is 0. The van der Waals surface area contributed by atoms with Gasteiger partial charge in [-0.1, -0.05) is 24.0 Å². The lowest BCUT2D eigenvalue weighted by atomic mass is 10.1. The fourth-order valence-electron chi connectivity index (χ4n) is 1.67. The van der Waals surface area contributed by atoms with Crippen LogP contribution < -0.4 is 10.6 Å². The van der Waals surface area contributed by atoms with Gasteiger partial charge in [-0.05, 0) is 26.0 Å². The quantitative estimate of drug-likeness (QED) is 0.697. The number of carbonyl (C=O) groups excluding carboxylic acids is 2. The molecule has 5 nitrogen and oxygen atoms in total. The van der Waals surface area contributed by atoms with E-state index in [1.165, 1.54) is 0 Å². The number of hydrogen-bond acceptors (Lipinski definition) is 3. The molecule has 0 aliphatic carbocycles. The Morgan fingerprint density at radius 2 is 2.05 bits per heavy atom. The maximum absolute atomic E-state index is 12.2. The predicted octanol–water partition coefficient (Wildman–Crippen LogP) is 0.675. The van der Waals surface area contributed by atoms with Crippen LogP contribution in [-0.2, 0) is 4.79 Å². The van der Waals surface area contributed by atoms with Gasteiger partial charge in [-0.3, -0.25) is 9.59 Å². The average Bonchev–Trinajstić information content (AvgIpc) is 2.48. The number of hydrogen-bond donors (Lipinski definition) is 3. The van der Waals surface area contributed by atoms with Gasteiger partial charge in [-0.2, -0.15) is 0 Å². The first-order valence-electron chi connectivity index (χ1n) is 6.87. The standard InChI is InChI=1S/C16H20N2O3/c1-3-17-15(20)12(2)18-16(21)14-10-5-4-8-13(14)9-6-7-11-19/h4-5,8,10,12,19H,3,7,11H2,1-2H3,(H,17,20)(H,18,21). The molecule has 0 bridgehead atoms. The maximum atomic E-state index is 12.2. The van der Waals surface area contributed by atoms with Gasteiger partial charge in [-0.25, -0.2) is 0 Å². The number of aliphatic hydroxyl groups excluding tert-OH is 1. The van der Waals surface area contributed by atoms with E-state index in [0.717, 1.165) is 0 Å². The van der Waals surface area contributed by atoms with Crippen molar-refractivity contribution in [1.82, 2.24) is 10.6 Å². The molecule has 1 aromatic carbocycles. The van der Waals surface area contributed by atoms with Crippen molar-refractivity contribution < 1.29 is 14.7 Å². The molecule has 112 valence electrons. The lowest BCUT2D eigenvalue weighted by Crippen LogP contribution is -2.44. The Hall–Kier alpha value is -2.32. The zero-order valence-electron chi connectivity index (χ0n) is 12.3. The summed E-state index contributed by atoms with van der Waals surface area (Å²) in [6.45, 7) is 3.94. The molecule has 21 heavy (non-hydrogen) atoms. The third-order valence-electron chi connectivity index (χ3n) is 2.72. The van der Waals surface area contributed by atoms with Crippen LogP contribution in [0.5, 0.6) is 0 Å². The third kappa shape index (κ3) is 5.28. The van der Waals surface area contributed by atoms with Crippen LogP contribution in [0.1, 0.15) is 36.2 Å². The minimum Gasteiger partial charge on any atom is -0.395 e. The number of likely N-dealkylation sites (N-methyl/N-ethyl adjacent to an activating group) is 1. The van der Waals surface area contributed by atoms with Gasteiger partial charge >= 0.3 is 0 Å². The number of carbonyl (C=O) groups is 2. The Labute approximate surface area is 124 Å². The fourth-order valence-corrected chi connectivity index (χ4v) is 1.67. The summed E-state index contributed by atoms with van der Waals surface area (Å²) in [7, 11) is 0. The van der Waals surface area contributed by atoms with Gasteiger partial charge in [-0.15, -0.1) is 0 Å². The molecule has 1 unspecified atom stereocenters. The van der Waals surface area contributed by atoms with Crippen molar-refractivity contribution in [3.8, 4) is 11.8 Å². The summed E-state index contributed by atoms with van der Waals surface area (Å²) >= 11 is 0. The van der Waals surface area contributed by atoms with Gasteiger partial charge in [0, 0.05) is 18.5 Å². The first-order valence-corrected chi connectivity index (χ1v) is 6.87. The highest BCUT2D eigenvalue weighted by atomic mass is 16.2. The van der Waals surface area contributed by atoms with Crippen LogP contribution in [-0.4, -0.2) is 36.1 Å². The molecule has 1 rings (SSSR count). The number of aliphatic hydroxyl groups is 1. The minimum absolute atomic E-state index is 0.0183. The first kappa shape index (κ1) is 16.7. The highest BCUT2D eigenvalue weighted by molar-refractivity contribution is 5.99.